The van der Waals surface area contributed by atoms with Crippen molar-refractivity contribution < 1.29 is 0 Å². The van der Waals surface area contributed by atoms with Gasteiger partial charge < -0.3 is 0 Å². The van der Waals surface area contributed by atoms with Crippen LogP contribution in [0.5, 0.6) is 0 Å². The summed E-state index contributed by atoms with van der Waals surface area (Å²) in [6.07, 6.45) is 43.6. The van der Waals surface area contributed by atoms with Gasteiger partial charge in [-0.15, -0.1) is 22.2 Å². The van der Waals surface area contributed by atoms with E-state index < -0.39 is 6.69 Å². The lowest BCUT2D eigenvalue weighted by atomic mass is 10.0. The molecule has 0 radical (unpaired) electrons. The number of alkyl halides is 1. The van der Waals surface area contributed by atoms with Crippen LogP contribution in [-0.4, -0.2) is 11.1 Å². The van der Waals surface area contributed by atoms with E-state index in [1.807, 2.05) is 6.55 Å². The van der Waals surface area contributed by atoms with Crippen LogP contribution in [0.15, 0.2) is 0 Å². The van der Waals surface area contributed by atoms with Gasteiger partial charge in [0.15, 0.2) is 0 Å². The summed E-state index contributed by atoms with van der Waals surface area (Å²) < 4.78 is 1.34. The van der Waals surface area contributed by atoms with Crippen molar-refractivity contribution in [1.29, 1.82) is 0 Å². The van der Waals surface area contributed by atoms with E-state index in [4.69, 9.17) is 22.2 Å². The lowest BCUT2D eigenvalue weighted by molar-refractivity contribution is 0.513. The summed E-state index contributed by atoms with van der Waals surface area (Å²) in [5.41, 5.74) is 0. The molecule has 0 aliphatic rings. The molecule has 0 N–H and O–H groups in total. The molecule has 0 saturated heterocycles. The summed E-state index contributed by atoms with van der Waals surface area (Å²) >= 11 is 14.8. The van der Waals surface area contributed by atoms with Crippen molar-refractivity contribution >= 4 is 51.4 Å². The van der Waals surface area contributed by atoms with E-state index in [-0.39, 0.29) is 0 Å². The number of hydrogen-bond acceptors (Lipinski definition) is 0. The molecular weight excluding hydrogens is 622 g/mol. The quantitative estimate of drug-likeness (QED) is 0.0217. The molecule has 0 amide bonds. The molecule has 0 aromatic heterocycles. The van der Waals surface area contributed by atoms with Gasteiger partial charge in [-0.25, -0.2) is 0 Å². The predicted octanol–water partition coefficient (Wildman–Crippen LogP) is 14.7. The molecule has 0 aromatic rings. The van der Waals surface area contributed by atoms with Gasteiger partial charge >= 0.3 is 0 Å². The maximum atomic E-state index is 6.16. The Morgan fingerprint density at radius 2 is 0.486 bits per heavy atom. The van der Waals surface area contributed by atoms with Crippen molar-refractivity contribution in [3.8, 4) is 0 Å². The molecule has 0 fully saturated rings. The van der Waals surface area contributed by atoms with Gasteiger partial charge in [0.05, 0.1) is 0 Å². The van der Waals surface area contributed by atoms with Crippen LogP contribution in [0.4, 0.5) is 0 Å². The van der Waals surface area contributed by atoms with E-state index in [9.17, 15) is 0 Å². The second kappa shape index (κ2) is 32.0. The van der Waals surface area contributed by atoms with E-state index in [0.29, 0.717) is 0 Å². The highest BCUT2D eigenvalue weighted by Crippen LogP contribution is 2.23. The summed E-state index contributed by atoms with van der Waals surface area (Å²) in [7, 11) is 0. The topological polar surface area (TPSA) is 0 Å². The van der Waals surface area contributed by atoms with Crippen LogP contribution in [0.3, 0.4) is 0 Å². The summed E-state index contributed by atoms with van der Waals surface area (Å²) in [6.45, 7) is 0.203. The molecule has 0 saturated carbocycles. The third-order valence-electron chi connectivity index (χ3n) is 8.00. The summed E-state index contributed by atoms with van der Waals surface area (Å²) in [4.78, 5) is 0. The molecule has 0 aliphatic carbocycles. The van der Waals surface area contributed by atoms with Crippen LogP contribution in [-0.2, 0) is 0 Å². The molecule has 0 heterocycles. The summed E-state index contributed by atoms with van der Waals surface area (Å²) in [5, 5.41) is 0. The highest BCUT2D eigenvalue weighted by Gasteiger charge is 2.19. The molecule has 0 bridgehead atoms. The Kier molecular flexibility index (Phi) is 33.4. The van der Waals surface area contributed by atoms with Crippen LogP contribution in [0.2, 0.25) is 12.6 Å². The molecule has 4 heteroatoms. The summed E-state index contributed by atoms with van der Waals surface area (Å²) in [6, 6.07) is 1.07. The molecule has 0 unspecified atom stereocenters. The van der Waals surface area contributed by atoms with Crippen LogP contribution in [0.1, 0.15) is 193 Å². The maximum Gasteiger partial charge on any atom is 0.248 e. The normalized spacial score (nSPS) is 12.0. The molecule has 37 heavy (non-hydrogen) atoms. The van der Waals surface area contributed by atoms with Gasteiger partial charge in [-0.05, 0) is 23.4 Å². The van der Waals surface area contributed by atoms with Gasteiger partial charge in [0.2, 0.25) is 6.69 Å². The Morgan fingerprint density at radius 1 is 0.324 bits per heavy atom. The van der Waals surface area contributed by atoms with Crippen molar-refractivity contribution in [2.75, 3.05) is 4.43 Å². The molecule has 0 spiro atoms. The van der Waals surface area contributed by atoms with Crippen molar-refractivity contribution in [2.45, 2.75) is 205 Å². The Labute approximate surface area is 259 Å². The molecule has 0 rings (SSSR count). The largest absolute Gasteiger partial charge is 0.248 e. The molecule has 0 nitrogen and oxygen atoms in total. The molecule has 224 valence electrons. The second-order valence-corrected chi connectivity index (χ2v) is 21.4. The van der Waals surface area contributed by atoms with E-state index >= 15 is 0 Å². The Hall–Kier alpha value is 1.53. The standard InChI is InChI=1S/C33H67Cl2ISi/c1-37(34,35)33-31-29-27-25-23-21-19-17-15-13-11-9-7-5-3-2-4-6-8-10-12-14-16-18-20-22-24-26-28-30-32-36/h2-33H2,1H3. The zero-order chi connectivity index (χ0) is 27.1. The predicted molar refractivity (Wildman–Crippen MR) is 186 cm³/mol. The minimum Gasteiger partial charge on any atom is -0.146 e. The Balaban J connectivity index is 3.04. The smallest absolute Gasteiger partial charge is 0.146 e. The number of halogens is 3. The number of hydrogen-bond donors (Lipinski definition) is 0. The highest BCUT2D eigenvalue weighted by molar-refractivity contribution is 14.1. The van der Waals surface area contributed by atoms with Crippen LogP contribution in [0.25, 0.3) is 0 Å². The number of rotatable bonds is 32. The van der Waals surface area contributed by atoms with Gasteiger partial charge in [0.25, 0.3) is 0 Å². The van der Waals surface area contributed by atoms with Gasteiger partial charge in [-0.1, -0.05) is 209 Å². The molecule has 0 atom stereocenters. The SMILES string of the molecule is C[Si](Cl)(Cl)CCCCCCCCCCCCCCCCCCCCCCCCCCCCCCCCI. The van der Waals surface area contributed by atoms with Gasteiger partial charge in [-0.2, -0.15) is 0 Å². The fourth-order valence-electron chi connectivity index (χ4n) is 5.48. The van der Waals surface area contributed by atoms with E-state index in [0.717, 1.165) is 6.04 Å². The van der Waals surface area contributed by atoms with Crippen LogP contribution >= 0.6 is 44.7 Å². The van der Waals surface area contributed by atoms with Gasteiger partial charge in [-0.3, -0.25) is 0 Å². The van der Waals surface area contributed by atoms with Gasteiger partial charge in [0, 0.05) is 0 Å². The molecule has 0 aromatic carbocycles. The fourth-order valence-corrected chi connectivity index (χ4v) is 7.69. The third-order valence-corrected chi connectivity index (χ3v) is 11.1. The highest BCUT2D eigenvalue weighted by atomic mass is 127. The third kappa shape index (κ3) is 37.5. The minimum atomic E-state index is -1.84. The van der Waals surface area contributed by atoms with E-state index in [1.54, 1.807) is 0 Å². The fraction of sp³-hybridized carbons (Fsp3) is 1.00. The maximum absolute atomic E-state index is 6.16. The minimum absolute atomic E-state index is 1.07. The number of unbranched alkanes of at least 4 members (excludes halogenated alkanes) is 29. The average molecular weight is 690 g/mol. The van der Waals surface area contributed by atoms with E-state index in [1.165, 1.54) is 197 Å². The van der Waals surface area contributed by atoms with Crippen molar-refractivity contribution in [3.05, 3.63) is 0 Å². The first kappa shape index (κ1) is 38.5. The van der Waals surface area contributed by atoms with Crippen LogP contribution < -0.4 is 0 Å². The van der Waals surface area contributed by atoms with Crippen molar-refractivity contribution in [3.63, 3.8) is 0 Å². The molecular formula is C33H67Cl2ISi. The zero-order valence-corrected chi connectivity index (χ0v) is 29.9. The van der Waals surface area contributed by atoms with Crippen molar-refractivity contribution in [1.82, 2.24) is 0 Å². The lowest BCUT2D eigenvalue weighted by Gasteiger charge is -2.09. The first-order chi connectivity index (χ1) is 18.1. The van der Waals surface area contributed by atoms with Crippen LogP contribution in [0, 0.1) is 0 Å². The summed E-state index contributed by atoms with van der Waals surface area (Å²) in [5.74, 6) is 0. The first-order valence-corrected chi connectivity index (χ1v) is 23.3. The molecule has 0 aliphatic heterocycles. The lowest BCUT2D eigenvalue weighted by Crippen LogP contribution is -2.11. The first-order valence-electron chi connectivity index (χ1n) is 17.0. The van der Waals surface area contributed by atoms with E-state index in [2.05, 4.69) is 22.6 Å². The van der Waals surface area contributed by atoms with Gasteiger partial charge in [0.1, 0.15) is 0 Å². The Morgan fingerprint density at radius 3 is 0.649 bits per heavy atom. The Bertz CT molecular complexity index is 414. The second-order valence-electron chi connectivity index (χ2n) is 12.1. The van der Waals surface area contributed by atoms with Crippen molar-refractivity contribution in [2.24, 2.45) is 0 Å². The monoisotopic (exact) mass is 688 g/mol. The zero-order valence-electron chi connectivity index (χ0n) is 25.3. The average Bonchev–Trinajstić information content (AvgIpc) is 2.86.